The lowest BCUT2D eigenvalue weighted by molar-refractivity contribution is 0.214. The zero-order chi connectivity index (χ0) is 14.0. The molecule has 2 aromatic carbocycles. The van der Waals surface area contributed by atoms with E-state index in [1.54, 1.807) is 25.1 Å². The molecule has 0 amide bonds. The molecule has 1 atom stereocenters. The number of aliphatic hydroxyl groups excluding tert-OH is 1. The van der Waals surface area contributed by atoms with Crippen LogP contribution in [0.2, 0.25) is 0 Å². The van der Waals surface area contributed by atoms with E-state index >= 15 is 0 Å². The van der Waals surface area contributed by atoms with Crippen molar-refractivity contribution in [1.29, 1.82) is 0 Å². The zero-order valence-corrected chi connectivity index (χ0v) is 11.8. The van der Waals surface area contributed by atoms with Crippen molar-refractivity contribution in [3.05, 3.63) is 42.5 Å². The second-order valence-corrected chi connectivity index (χ2v) is 6.56. The van der Waals surface area contributed by atoms with Gasteiger partial charge in [-0.3, -0.25) is 0 Å². The first-order chi connectivity index (χ1) is 8.96. The highest BCUT2D eigenvalue weighted by Crippen LogP contribution is 2.22. The van der Waals surface area contributed by atoms with Gasteiger partial charge < -0.3 is 5.11 Å². The van der Waals surface area contributed by atoms with E-state index in [0.29, 0.717) is 0 Å². The molecule has 2 rings (SSSR count). The molecule has 0 aliphatic heterocycles. The molecule has 0 fully saturated rings. The molecule has 0 bridgehead atoms. The molecule has 0 saturated carbocycles. The maximum atomic E-state index is 12.4. The van der Waals surface area contributed by atoms with E-state index in [4.69, 9.17) is 5.11 Å². The predicted octanol–water partition coefficient (Wildman–Crippen LogP) is 1.84. The summed E-state index contributed by atoms with van der Waals surface area (Å²) in [6.07, 6.45) is 0. The van der Waals surface area contributed by atoms with Gasteiger partial charge in [0.1, 0.15) is 0 Å². The van der Waals surface area contributed by atoms with Crippen molar-refractivity contribution in [1.82, 2.24) is 4.31 Å². The number of fused-ring (bicyclic) bond motifs is 1. The van der Waals surface area contributed by atoms with Gasteiger partial charge in [-0.05, 0) is 29.8 Å². The Morgan fingerprint density at radius 1 is 1.16 bits per heavy atom. The summed E-state index contributed by atoms with van der Waals surface area (Å²) in [5.41, 5.74) is 0. The van der Waals surface area contributed by atoms with Crippen LogP contribution >= 0.6 is 0 Å². The first-order valence-electron chi connectivity index (χ1n) is 6.04. The van der Waals surface area contributed by atoms with Crippen molar-refractivity contribution >= 4 is 20.8 Å². The summed E-state index contributed by atoms with van der Waals surface area (Å²) >= 11 is 0. The molecule has 1 N–H and O–H groups in total. The number of benzene rings is 2. The summed E-state index contributed by atoms with van der Waals surface area (Å²) in [4.78, 5) is 0.244. The van der Waals surface area contributed by atoms with Crippen molar-refractivity contribution in [2.75, 3.05) is 13.7 Å². The molecule has 0 spiro atoms. The maximum absolute atomic E-state index is 12.4. The van der Waals surface area contributed by atoms with Gasteiger partial charge in [0.2, 0.25) is 10.0 Å². The highest BCUT2D eigenvalue weighted by atomic mass is 32.2. The van der Waals surface area contributed by atoms with Crippen LogP contribution in [-0.4, -0.2) is 37.5 Å². The SMILES string of the molecule is CC(CO)N(C)S(=O)(=O)c1ccc2ccccc2c1. The van der Waals surface area contributed by atoms with Crippen molar-refractivity contribution < 1.29 is 13.5 Å². The second-order valence-electron chi connectivity index (χ2n) is 4.56. The Kier molecular flexibility index (Phi) is 3.89. The first kappa shape index (κ1) is 14.0. The van der Waals surface area contributed by atoms with Crippen LogP contribution < -0.4 is 0 Å². The fourth-order valence-corrected chi connectivity index (χ4v) is 3.23. The predicted molar refractivity (Wildman–Crippen MR) is 75.4 cm³/mol. The third kappa shape index (κ3) is 2.63. The summed E-state index contributed by atoms with van der Waals surface area (Å²) in [7, 11) is -2.09. The van der Waals surface area contributed by atoms with Gasteiger partial charge in [0, 0.05) is 13.1 Å². The van der Waals surface area contributed by atoms with E-state index in [-0.39, 0.29) is 11.5 Å². The molecular weight excluding hydrogens is 262 g/mol. The summed E-state index contributed by atoms with van der Waals surface area (Å²) in [5, 5.41) is 11.0. The number of likely N-dealkylation sites (N-methyl/N-ethyl adjacent to an activating group) is 1. The van der Waals surface area contributed by atoms with E-state index in [0.717, 1.165) is 10.8 Å². The molecule has 102 valence electrons. The lowest BCUT2D eigenvalue weighted by Crippen LogP contribution is -2.37. The molecule has 2 aromatic rings. The number of hydrogen-bond acceptors (Lipinski definition) is 3. The van der Waals surface area contributed by atoms with Crippen LogP contribution in [0.25, 0.3) is 10.8 Å². The normalized spacial score (nSPS) is 13.9. The lowest BCUT2D eigenvalue weighted by Gasteiger charge is -2.22. The van der Waals surface area contributed by atoms with E-state index in [1.807, 2.05) is 24.3 Å². The van der Waals surface area contributed by atoms with Crippen LogP contribution in [0.15, 0.2) is 47.4 Å². The Morgan fingerprint density at radius 2 is 1.79 bits per heavy atom. The Morgan fingerprint density at radius 3 is 2.42 bits per heavy atom. The highest BCUT2D eigenvalue weighted by molar-refractivity contribution is 7.89. The Bertz CT molecular complexity index is 682. The van der Waals surface area contributed by atoms with Crippen LogP contribution in [0.5, 0.6) is 0 Å². The smallest absolute Gasteiger partial charge is 0.243 e. The third-order valence-corrected chi connectivity index (χ3v) is 5.25. The van der Waals surface area contributed by atoms with Gasteiger partial charge in [0.15, 0.2) is 0 Å². The first-order valence-corrected chi connectivity index (χ1v) is 7.48. The van der Waals surface area contributed by atoms with Gasteiger partial charge in [0.05, 0.1) is 11.5 Å². The highest BCUT2D eigenvalue weighted by Gasteiger charge is 2.24. The molecule has 0 saturated heterocycles. The molecule has 19 heavy (non-hydrogen) atoms. The molecule has 4 nitrogen and oxygen atoms in total. The van der Waals surface area contributed by atoms with Crippen LogP contribution in [0.4, 0.5) is 0 Å². The fourth-order valence-electron chi connectivity index (χ4n) is 1.85. The number of sulfonamides is 1. The van der Waals surface area contributed by atoms with Crippen molar-refractivity contribution in [2.45, 2.75) is 17.9 Å². The molecular formula is C14H17NO3S. The summed E-state index contributed by atoms with van der Waals surface area (Å²) in [5.74, 6) is 0. The molecule has 5 heteroatoms. The van der Waals surface area contributed by atoms with Gasteiger partial charge in [0.25, 0.3) is 0 Å². The maximum Gasteiger partial charge on any atom is 0.243 e. The minimum Gasteiger partial charge on any atom is -0.395 e. The number of rotatable bonds is 4. The zero-order valence-electron chi connectivity index (χ0n) is 10.9. The van der Waals surface area contributed by atoms with Crippen molar-refractivity contribution in [2.24, 2.45) is 0 Å². The van der Waals surface area contributed by atoms with Gasteiger partial charge >= 0.3 is 0 Å². The standard InChI is InChI=1S/C14H17NO3S/c1-11(10-16)15(2)19(17,18)14-8-7-12-5-3-4-6-13(12)9-14/h3-9,11,16H,10H2,1-2H3. The molecule has 0 heterocycles. The quantitative estimate of drug-likeness (QED) is 0.929. The summed E-state index contributed by atoms with van der Waals surface area (Å²) in [6.45, 7) is 1.46. The average Bonchev–Trinajstić information content (AvgIpc) is 2.45. The van der Waals surface area contributed by atoms with Gasteiger partial charge in [-0.25, -0.2) is 8.42 Å². The summed E-state index contributed by atoms with van der Waals surface area (Å²) < 4.78 is 26.0. The van der Waals surface area contributed by atoms with Crippen LogP contribution in [0, 0.1) is 0 Å². The van der Waals surface area contributed by atoms with E-state index in [1.165, 1.54) is 11.4 Å². The fraction of sp³-hybridized carbons (Fsp3) is 0.286. The van der Waals surface area contributed by atoms with Crippen LogP contribution in [0.3, 0.4) is 0 Å². The molecule has 0 radical (unpaired) electrons. The Balaban J connectivity index is 2.49. The van der Waals surface area contributed by atoms with Crippen molar-refractivity contribution in [3.8, 4) is 0 Å². The van der Waals surface area contributed by atoms with E-state index < -0.39 is 16.1 Å². The van der Waals surface area contributed by atoms with Gasteiger partial charge in [-0.1, -0.05) is 30.3 Å². The molecule has 0 aliphatic rings. The minimum atomic E-state index is -3.57. The van der Waals surface area contributed by atoms with Crippen LogP contribution in [0.1, 0.15) is 6.92 Å². The van der Waals surface area contributed by atoms with Crippen LogP contribution in [-0.2, 0) is 10.0 Å². The largest absolute Gasteiger partial charge is 0.395 e. The molecule has 0 aliphatic carbocycles. The van der Waals surface area contributed by atoms with Gasteiger partial charge in [-0.2, -0.15) is 4.31 Å². The number of aliphatic hydroxyl groups is 1. The lowest BCUT2D eigenvalue weighted by atomic mass is 10.1. The van der Waals surface area contributed by atoms with Gasteiger partial charge in [-0.15, -0.1) is 0 Å². The second kappa shape index (κ2) is 5.28. The third-order valence-electron chi connectivity index (χ3n) is 3.28. The Hall–Kier alpha value is -1.43. The molecule has 0 aromatic heterocycles. The summed E-state index contributed by atoms with van der Waals surface area (Å²) in [6, 6.07) is 12.2. The Labute approximate surface area is 113 Å². The topological polar surface area (TPSA) is 57.6 Å². The minimum absolute atomic E-state index is 0.205. The average molecular weight is 279 g/mol. The van der Waals surface area contributed by atoms with E-state index in [2.05, 4.69) is 0 Å². The van der Waals surface area contributed by atoms with Crippen molar-refractivity contribution in [3.63, 3.8) is 0 Å². The number of nitrogens with zero attached hydrogens (tertiary/aromatic N) is 1. The monoisotopic (exact) mass is 279 g/mol. The molecule has 1 unspecified atom stereocenters. The van der Waals surface area contributed by atoms with E-state index in [9.17, 15) is 8.42 Å². The number of hydrogen-bond donors (Lipinski definition) is 1.